The van der Waals surface area contributed by atoms with Gasteiger partial charge in [0.05, 0.1) is 47.3 Å². The number of benzene rings is 4. The number of aryl methyl sites for hydroxylation is 1. The molecule has 0 radical (unpaired) electrons. The van der Waals surface area contributed by atoms with Gasteiger partial charge in [-0.1, -0.05) is 121 Å². The first-order valence-electron chi connectivity index (χ1n) is 28.3. The third-order valence-corrected chi connectivity index (χ3v) is 15.1. The summed E-state index contributed by atoms with van der Waals surface area (Å²) in [6, 6.07) is 31.2. The van der Waals surface area contributed by atoms with Crippen LogP contribution in [0.3, 0.4) is 0 Å². The molecule has 0 amide bonds. The minimum Gasteiger partial charge on any atom is -0.489 e. The van der Waals surface area contributed by atoms with E-state index in [1.165, 1.54) is 71.2 Å². The average Bonchev–Trinajstić information content (AvgIpc) is 4.48. The molecule has 10 nitrogen and oxygen atoms in total. The molecule has 2 saturated carbocycles. The molecule has 4 aromatic carbocycles. The standard InChI is InChI=1S/C33H36FNO4.C30H32FNO4.C3H6.C2H6/c1-33(2)14-6-9-29(33)27-15-21(10-13-25(27)28-17-31(37-3)35-19-30(28)34)20-39-24-8-5-7-23(16-24)26(22-11-12-22)18-32(36)38-4;1-30(2)14-6-9-26(30)24-16-21(10-12-23(24)25-17-28(34-3)32-18-27(25)31)19-36-22-8-5-7-20(15-22)11-13-29(33)35-4;1-2-3-1;1-2/h5,7-10,13,15-17,19,22,26H,6,11-12,14,18,20H2,1-4H3;5,7-10,12,15-18H,6,11,13-14,19H2,1-4H3;1-3H2;1-2H3. The van der Waals surface area contributed by atoms with Gasteiger partial charge in [0.15, 0.2) is 0 Å². The molecule has 0 aliphatic heterocycles. The highest BCUT2D eigenvalue weighted by Gasteiger charge is 2.35. The van der Waals surface area contributed by atoms with Gasteiger partial charge in [-0.25, -0.2) is 18.7 Å². The molecule has 2 fully saturated rings. The van der Waals surface area contributed by atoms with E-state index < -0.39 is 0 Å². The van der Waals surface area contributed by atoms with E-state index in [1.807, 2.05) is 80.6 Å². The summed E-state index contributed by atoms with van der Waals surface area (Å²) >= 11 is 0. The molecule has 424 valence electrons. The van der Waals surface area contributed by atoms with Gasteiger partial charge in [0, 0.05) is 29.7 Å². The molecule has 4 aliphatic rings. The topological polar surface area (TPSA) is 115 Å². The van der Waals surface area contributed by atoms with Crippen molar-refractivity contribution in [3.05, 3.63) is 167 Å². The van der Waals surface area contributed by atoms with Crippen LogP contribution in [0, 0.1) is 28.4 Å². The number of esters is 2. The fourth-order valence-corrected chi connectivity index (χ4v) is 10.3. The molecule has 12 heteroatoms. The van der Waals surface area contributed by atoms with Gasteiger partial charge < -0.3 is 28.4 Å². The molecular formula is C68H80F2N2O8. The molecule has 1 unspecified atom stereocenters. The number of nitrogens with zero attached hydrogens (tertiary/aromatic N) is 2. The maximum atomic E-state index is 15.0. The van der Waals surface area contributed by atoms with Crippen LogP contribution in [0.5, 0.6) is 23.3 Å². The monoisotopic (exact) mass is 1090 g/mol. The van der Waals surface area contributed by atoms with Crippen molar-refractivity contribution in [2.75, 3.05) is 28.4 Å². The van der Waals surface area contributed by atoms with Crippen LogP contribution in [-0.2, 0) is 38.7 Å². The molecule has 4 aliphatic carbocycles. The Morgan fingerprint density at radius 1 is 0.575 bits per heavy atom. The summed E-state index contributed by atoms with van der Waals surface area (Å²) in [5.41, 5.74) is 11.0. The molecule has 2 heterocycles. The van der Waals surface area contributed by atoms with Gasteiger partial charge in [-0.05, 0) is 160 Å². The lowest BCUT2D eigenvalue weighted by atomic mass is 9.79. The van der Waals surface area contributed by atoms with Gasteiger partial charge in [-0.15, -0.1) is 0 Å². The molecule has 0 saturated heterocycles. The van der Waals surface area contributed by atoms with E-state index in [0.29, 0.717) is 61.3 Å². The van der Waals surface area contributed by atoms with Crippen LogP contribution in [-0.4, -0.2) is 50.3 Å². The summed E-state index contributed by atoms with van der Waals surface area (Å²) in [7, 11) is 5.89. The van der Waals surface area contributed by atoms with Crippen LogP contribution < -0.4 is 18.9 Å². The Morgan fingerprint density at radius 2 is 1.06 bits per heavy atom. The lowest BCUT2D eigenvalue weighted by molar-refractivity contribution is -0.141. The normalized spacial score (nSPS) is 15.7. The van der Waals surface area contributed by atoms with Crippen molar-refractivity contribution in [2.45, 2.75) is 138 Å². The van der Waals surface area contributed by atoms with E-state index in [9.17, 15) is 18.4 Å². The number of halogens is 2. The van der Waals surface area contributed by atoms with E-state index in [-0.39, 0.29) is 40.3 Å². The summed E-state index contributed by atoms with van der Waals surface area (Å²) in [4.78, 5) is 31.5. The largest absolute Gasteiger partial charge is 0.489 e. The highest BCUT2D eigenvalue weighted by Crippen LogP contribution is 2.50. The number of allylic oxidation sites excluding steroid dienone is 4. The van der Waals surface area contributed by atoms with E-state index in [1.54, 1.807) is 12.1 Å². The maximum absolute atomic E-state index is 15.0. The lowest BCUT2D eigenvalue weighted by Crippen LogP contribution is -2.11. The molecule has 10 rings (SSSR count). The first-order valence-corrected chi connectivity index (χ1v) is 28.3. The van der Waals surface area contributed by atoms with Crippen molar-refractivity contribution >= 4 is 23.1 Å². The number of pyridine rings is 2. The number of carbonyl (C=O) groups is 2. The SMILES string of the molecule is C1CC1.CC.COC(=O)CC(c1cccc(OCc2ccc(-c3cc(OC)ncc3F)c(C3=CCCC3(C)C)c2)c1)C1CC1.COC(=O)CCc1cccc(OCc2ccc(-c3cc(OC)ncc3F)c(C3=CCCC3(C)C)c2)c1. The Hall–Kier alpha value is -7.34. The molecule has 0 spiro atoms. The van der Waals surface area contributed by atoms with Gasteiger partial charge in [0.2, 0.25) is 11.8 Å². The van der Waals surface area contributed by atoms with Crippen LogP contribution in [0.15, 0.2) is 122 Å². The number of methoxy groups -OCH3 is 4. The quantitative estimate of drug-likeness (QED) is 0.0726. The molecule has 80 heavy (non-hydrogen) atoms. The molecule has 2 aromatic heterocycles. The second kappa shape index (κ2) is 28.2. The zero-order valence-corrected chi connectivity index (χ0v) is 48.5. The van der Waals surface area contributed by atoms with E-state index >= 15 is 0 Å². The number of aromatic nitrogens is 2. The lowest BCUT2D eigenvalue weighted by Gasteiger charge is -2.25. The maximum Gasteiger partial charge on any atom is 0.306 e. The highest BCUT2D eigenvalue weighted by atomic mass is 19.1. The van der Waals surface area contributed by atoms with E-state index in [4.69, 9.17) is 28.4 Å². The van der Waals surface area contributed by atoms with Crippen LogP contribution >= 0.6 is 0 Å². The molecule has 0 bridgehead atoms. The van der Waals surface area contributed by atoms with Gasteiger partial charge >= 0.3 is 11.9 Å². The summed E-state index contributed by atoms with van der Waals surface area (Å²) < 4.78 is 62.5. The van der Waals surface area contributed by atoms with Crippen molar-refractivity contribution < 1.29 is 46.8 Å². The minimum absolute atomic E-state index is 0.0181. The number of ether oxygens (including phenoxy) is 6. The van der Waals surface area contributed by atoms with Crippen molar-refractivity contribution in [2.24, 2.45) is 16.7 Å². The van der Waals surface area contributed by atoms with Gasteiger partial charge in [0.1, 0.15) is 36.3 Å². The zero-order chi connectivity index (χ0) is 57.4. The Kier molecular flexibility index (Phi) is 21.2. The predicted octanol–water partition coefficient (Wildman–Crippen LogP) is 16.7. The Morgan fingerprint density at radius 3 is 1.50 bits per heavy atom. The fourth-order valence-electron chi connectivity index (χ4n) is 10.3. The molecule has 0 N–H and O–H groups in total. The highest BCUT2D eigenvalue weighted by molar-refractivity contribution is 5.86. The van der Waals surface area contributed by atoms with Crippen molar-refractivity contribution in [1.82, 2.24) is 9.97 Å². The summed E-state index contributed by atoms with van der Waals surface area (Å²) in [6.45, 7) is 13.7. The molecular weight excluding hydrogens is 1010 g/mol. The summed E-state index contributed by atoms with van der Waals surface area (Å²) in [5, 5.41) is 0. The van der Waals surface area contributed by atoms with Crippen LogP contribution in [0.1, 0.15) is 151 Å². The van der Waals surface area contributed by atoms with Gasteiger partial charge in [-0.2, -0.15) is 0 Å². The first kappa shape index (κ1) is 60.3. The van der Waals surface area contributed by atoms with Crippen molar-refractivity contribution in [1.29, 1.82) is 0 Å². The second-order valence-electron chi connectivity index (χ2n) is 21.9. The van der Waals surface area contributed by atoms with E-state index in [2.05, 4.69) is 68.0 Å². The number of rotatable bonds is 19. The van der Waals surface area contributed by atoms with Crippen LogP contribution in [0.4, 0.5) is 8.78 Å². The van der Waals surface area contributed by atoms with Gasteiger partial charge in [-0.3, -0.25) is 9.59 Å². The van der Waals surface area contributed by atoms with Crippen LogP contribution in [0.2, 0.25) is 0 Å². The number of carbonyl (C=O) groups excluding carboxylic acids is 2. The van der Waals surface area contributed by atoms with E-state index in [0.717, 1.165) is 94.5 Å². The Balaban J connectivity index is 0.000000214. The zero-order valence-electron chi connectivity index (χ0n) is 48.5. The average molecular weight is 1090 g/mol. The number of hydrogen-bond donors (Lipinski definition) is 0. The summed E-state index contributed by atoms with van der Waals surface area (Å²) in [6.07, 6.45) is 19.1. The third-order valence-electron chi connectivity index (χ3n) is 15.1. The van der Waals surface area contributed by atoms with Crippen molar-refractivity contribution in [3.63, 3.8) is 0 Å². The smallest absolute Gasteiger partial charge is 0.306 e. The Bertz CT molecular complexity index is 3140. The third kappa shape index (κ3) is 16.2. The molecule has 6 aromatic rings. The van der Waals surface area contributed by atoms with Crippen LogP contribution in [0.25, 0.3) is 33.4 Å². The van der Waals surface area contributed by atoms with Gasteiger partial charge in [0.25, 0.3) is 0 Å². The number of hydrogen-bond acceptors (Lipinski definition) is 10. The predicted molar refractivity (Wildman–Crippen MR) is 314 cm³/mol. The Labute approximate surface area is 473 Å². The van der Waals surface area contributed by atoms with Crippen molar-refractivity contribution in [3.8, 4) is 45.5 Å². The second-order valence-corrected chi connectivity index (χ2v) is 21.9. The fraction of sp³-hybridized carbons (Fsp3) is 0.412. The first-order chi connectivity index (χ1) is 38.6. The minimum atomic E-state index is -0.388. The molecule has 1 atom stereocenters. The summed E-state index contributed by atoms with van der Waals surface area (Å²) in [5.74, 6) is 1.72.